The summed E-state index contributed by atoms with van der Waals surface area (Å²) in [6.45, 7) is 9.42. The fraction of sp³-hybridized carbons (Fsp3) is 0.448. The number of aliphatic hydroxyl groups excluding tert-OH is 1. The number of hydrogen-bond acceptors (Lipinski definition) is 4. The van der Waals surface area contributed by atoms with Crippen LogP contribution in [0.1, 0.15) is 49.0 Å². The van der Waals surface area contributed by atoms with Crippen LogP contribution in [-0.2, 0) is 6.54 Å². The summed E-state index contributed by atoms with van der Waals surface area (Å²) < 4.78 is 5.48. The molecule has 4 rings (SSSR count). The van der Waals surface area contributed by atoms with Gasteiger partial charge >= 0.3 is 0 Å². The monoisotopic (exact) mass is 446 g/mol. The molecule has 1 aliphatic rings. The summed E-state index contributed by atoms with van der Waals surface area (Å²) in [6, 6.07) is 21.4. The van der Waals surface area contributed by atoms with E-state index in [1.807, 2.05) is 6.07 Å². The van der Waals surface area contributed by atoms with E-state index in [0.717, 1.165) is 74.2 Å². The van der Waals surface area contributed by atoms with E-state index >= 15 is 0 Å². The first kappa shape index (κ1) is 23.7. The maximum atomic E-state index is 11.5. The third-order valence-corrected chi connectivity index (χ3v) is 7.17. The van der Waals surface area contributed by atoms with Crippen molar-refractivity contribution in [2.24, 2.45) is 0 Å². The fourth-order valence-electron chi connectivity index (χ4n) is 5.16. The van der Waals surface area contributed by atoms with Crippen LogP contribution >= 0.6 is 0 Å². The standard InChI is InChI=1S/C29H38N2O2/c1-4-5-11-27(31-18-16-30(17-19-31)21-23-9-7-6-8-10-23)29(32)25-12-14-26-22(2)28(33-3)15-13-24(26)20-25/h6-10,12-15,20,27,29,32H,4-5,11,16-19,21H2,1-3H3/t27-,29?/m0/s1. The average molecular weight is 447 g/mol. The number of fused-ring (bicyclic) bond motifs is 1. The van der Waals surface area contributed by atoms with Gasteiger partial charge in [0.25, 0.3) is 0 Å². The third-order valence-electron chi connectivity index (χ3n) is 7.17. The molecular formula is C29H38N2O2. The number of unbranched alkanes of at least 4 members (excludes halogenated alkanes) is 1. The molecule has 3 aromatic carbocycles. The summed E-state index contributed by atoms with van der Waals surface area (Å²) in [5.74, 6) is 0.907. The molecular weight excluding hydrogens is 408 g/mol. The Labute approximate surface area is 198 Å². The van der Waals surface area contributed by atoms with Gasteiger partial charge in [-0.05, 0) is 52.9 Å². The van der Waals surface area contributed by atoms with Gasteiger partial charge in [0.05, 0.1) is 13.2 Å². The molecule has 1 unspecified atom stereocenters. The molecule has 33 heavy (non-hydrogen) atoms. The number of nitrogens with zero attached hydrogens (tertiary/aromatic N) is 2. The Bertz CT molecular complexity index is 1030. The van der Waals surface area contributed by atoms with E-state index in [-0.39, 0.29) is 6.04 Å². The minimum Gasteiger partial charge on any atom is -0.496 e. The zero-order valence-electron chi connectivity index (χ0n) is 20.3. The van der Waals surface area contributed by atoms with Crippen molar-refractivity contribution >= 4 is 10.8 Å². The van der Waals surface area contributed by atoms with Crippen LogP contribution in [0, 0.1) is 6.92 Å². The molecule has 4 nitrogen and oxygen atoms in total. The number of methoxy groups -OCH3 is 1. The molecule has 1 fully saturated rings. The van der Waals surface area contributed by atoms with Crippen LogP contribution in [-0.4, -0.2) is 54.2 Å². The Morgan fingerprint density at radius 3 is 2.42 bits per heavy atom. The van der Waals surface area contributed by atoms with E-state index in [1.54, 1.807) is 7.11 Å². The Morgan fingerprint density at radius 2 is 1.73 bits per heavy atom. The van der Waals surface area contributed by atoms with Crippen molar-refractivity contribution < 1.29 is 9.84 Å². The predicted octanol–water partition coefficient (Wildman–Crippen LogP) is 5.57. The molecule has 0 radical (unpaired) electrons. The van der Waals surface area contributed by atoms with E-state index < -0.39 is 6.10 Å². The van der Waals surface area contributed by atoms with Crippen LogP contribution in [0.2, 0.25) is 0 Å². The van der Waals surface area contributed by atoms with Crippen LogP contribution in [0.5, 0.6) is 5.75 Å². The van der Waals surface area contributed by atoms with Crippen LogP contribution in [0.3, 0.4) is 0 Å². The highest BCUT2D eigenvalue weighted by Gasteiger charge is 2.29. The number of piperazine rings is 1. The topological polar surface area (TPSA) is 35.9 Å². The zero-order valence-corrected chi connectivity index (χ0v) is 20.3. The molecule has 176 valence electrons. The van der Waals surface area contributed by atoms with Gasteiger partial charge in [-0.15, -0.1) is 0 Å². The number of benzene rings is 3. The molecule has 0 aromatic heterocycles. The lowest BCUT2D eigenvalue weighted by Crippen LogP contribution is -2.51. The van der Waals surface area contributed by atoms with Crippen LogP contribution in [0.25, 0.3) is 10.8 Å². The van der Waals surface area contributed by atoms with Crippen LogP contribution < -0.4 is 4.74 Å². The number of hydrogen-bond donors (Lipinski definition) is 1. The first-order valence-corrected chi connectivity index (χ1v) is 12.4. The third kappa shape index (κ3) is 5.57. The second-order valence-corrected chi connectivity index (χ2v) is 9.33. The zero-order chi connectivity index (χ0) is 23.2. The van der Waals surface area contributed by atoms with Crippen molar-refractivity contribution in [3.05, 3.63) is 77.4 Å². The summed E-state index contributed by atoms with van der Waals surface area (Å²) in [5.41, 5.74) is 3.53. The van der Waals surface area contributed by atoms with Crippen molar-refractivity contribution in [1.29, 1.82) is 0 Å². The molecule has 1 heterocycles. The summed E-state index contributed by atoms with van der Waals surface area (Å²) >= 11 is 0. The molecule has 0 amide bonds. The molecule has 3 aromatic rings. The molecule has 2 atom stereocenters. The Kier molecular flexibility index (Phi) is 8.02. The van der Waals surface area contributed by atoms with Gasteiger partial charge in [0.15, 0.2) is 0 Å². The van der Waals surface area contributed by atoms with Gasteiger partial charge in [-0.2, -0.15) is 0 Å². The van der Waals surface area contributed by atoms with Crippen molar-refractivity contribution in [2.45, 2.75) is 51.8 Å². The molecule has 0 saturated carbocycles. The van der Waals surface area contributed by atoms with E-state index in [9.17, 15) is 5.11 Å². The SMILES string of the molecule is CCCC[C@@H](C(O)c1ccc2c(C)c(OC)ccc2c1)N1CCN(Cc2ccccc2)CC1. The summed E-state index contributed by atoms with van der Waals surface area (Å²) in [4.78, 5) is 5.05. The lowest BCUT2D eigenvalue weighted by molar-refractivity contribution is 0.0113. The van der Waals surface area contributed by atoms with Gasteiger partial charge in [-0.25, -0.2) is 0 Å². The van der Waals surface area contributed by atoms with Crippen molar-refractivity contribution in [2.75, 3.05) is 33.3 Å². The van der Waals surface area contributed by atoms with Crippen molar-refractivity contribution in [3.8, 4) is 5.75 Å². The van der Waals surface area contributed by atoms with Crippen molar-refractivity contribution in [3.63, 3.8) is 0 Å². The van der Waals surface area contributed by atoms with E-state index in [2.05, 4.69) is 78.2 Å². The quantitative estimate of drug-likeness (QED) is 0.466. The van der Waals surface area contributed by atoms with Crippen molar-refractivity contribution in [1.82, 2.24) is 9.80 Å². The molecule has 0 spiro atoms. The summed E-state index contributed by atoms with van der Waals surface area (Å²) in [6.07, 6.45) is 2.82. The van der Waals surface area contributed by atoms with Gasteiger partial charge in [0.2, 0.25) is 0 Å². The maximum Gasteiger partial charge on any atom is 0.122 e. The van der Waals surface area contributed by atoms with E-state index in [4.69, 9.17) is 4.74 Å². The molecule has 0 aliphatic carbocycles. The van der Waals surface area contributed by atoms with E-state index in [1.165, 1.54) is 10.9 Å². The Hall–Kier alpha value is -2.40. The lowest BCUT2D eigenvalue weighted by atomic mass is 9.93. The van der Waals surface area contributed by atoms with Gasteiger partial charge < -0.3 is 9.84 Å². The fourth-order valence-corrected chi connectivity index (χ4v) is 5.16. The Morgan fingerprint density at radius 1 is 0.970 bits per heavy atom. The first-order valence-electron chi connectivity index (χ1n) is 12.4. The highest BCUT2D eigenvalue weighted by molar-refractivity contribution is 5.88. The molecule has 1 saturated heterocycles. The minimum absolute atomic E-state index is 0.153. The predicted molar refractivity (Wildman–Crippen MR) is 137 cm³/mol. The highest BCUT2D eigenvalue weighted by atomic mass is 16.5. The molecule has 0 bridgehead atoms. The van der Waals surface area contributed by atoms with Gasteiger partial charge in [-0.3, -0.25) is 9.80 Å². The first-order chi connectivity index (χ1) is 16.1. The van der Waals surface area contributed by atoms with Crippen LogP contribution in [0.15, 0.2) is 60.7 Å². The van der Waals surface area contributed by atoms with E-state index in [0.29, 0.717) is 0 Å². The van der Waals surface area contributed by atoms with Crippen LogP contribution in [0.4, 0.5) is 0 Å². The summed E-state index contributed by atoms with van der Waals surface area (Å²) in [5, 5.41) is 13.9. The normalized spacial score (nSPS) is 17.2. The molecule has 1 aliphatic heterocycles. The van der Waals surface area contributed by atoms with Gasteiger partial charge in [0.1, 0.15) is 5.75 Å². The largest absolute Gasteiger partial charge is 0.496 e. The average Bonchev–Trinajstić information content (AvgIpc) is 2.86. The lowest BCUT2D eigenvalue weighted by Gasteiger charge is -2.41. The summed E-state index contributed by atoms with van der Waals surface area (Å²) in [7, 11) is 1.71. The second kappa shape index (κ2) is 11.1. The second-order valence-electron chi connectivity index (χ2n) is 9.33. The number of ether oxygens (including phenoxy) is 1. The highest BCUT2D eigenvalue weighted by Crippen LogP contribution is 2.32. The minimum atomic E-state index is -0.482. The number of aryl methyl sites for hydroxylation is 1. The smallest absolute Gasteiger partial charge is 0.122 e. The maximum absolute atomic E-state index is 11.5. The van der Waals surface area contributed by atoms with Gasteiger partial charge in [0, 0.05) is 38.8 Å². The Balaban J connectivity index is 1.47. The molecule has 1 N–H and O–H groups in total. The number of rotatable bonds is 9. The van der Waals surface area contributed by atoms with Gasteiger partial charge in [-0.1, -0.05) is 68.3 Å². The number of aliphatic hydroxyl groups is 1. The molecule has 4 heteroatoms.